The van der Waals surface area contributed by atoms with Gasteiger partial charge in [0.05, 0.1) is 11.1 Å². The first kappa shape index (κ1) is 24.2. The van der Waals surface area contributed by atoms with Crippen LogP contribution in [0.1, 0.15) is 36.1 Å². The number of carbonyl (C=O) groups is 1. The van der Waals surface area contributed by atoms with Crippen LogP contribution in [0, 0.1) is 18.7 Å². The van der Waals surface area contributed by atoms with Crippen LogP contribution < -0.4 is 10.9 Å². The molecule has 0 radical (unpaired) electrons. The lowest BCUT2D eigenvalue weighted by Gasteiger charge is -2.42. The van der Waals surface area contributed by atoms with Crippen LogP contribution in [0.3, 0.4) is 0 Å². The maximum Gasteiger partial charge on any atom is 0.426 e. The van der Waals surface area contributed by atoms with Crippen molar-refractivity contribution in [2.45, 2.75) is 44.4 Å². The van der Waals surface area contributed by atoms with Crippen LogP contribution in [0.2, 0.25) is 5.02 Å². The third-order valence-electron chi connectivity index (χ3n) is 6.43. The lowest BCUT2D eigenvalue weighted by Crippen LogP contribution is -2.61. The number of alkyl halides is 3. The van der Waals surface area contributed by atoms with E-state index >= 15 is 0 Å². The number of nitrogens with one attached hydrogen (secondary N) is 1. The van der Waals surface area contributed by atoms with Crippen LogP contribution in [0.25, 0.3) is 10.8 Å². The Morgan fingerprint density at radius 3 is 2.62 bits per heavy atom. The molecule has 1 aromatic heterocycles. The number of hydrogen-bond acceptors (Lipinski definition) is 5. The number of amides is 1. The fraction of sp³-hybridized carbons (Fsp3) is 0.348. The minimum absolute atomic E-state index is 0.00407. The van der Waals surface area contributed by atoms with Gasteiger partial charge in [-0.1, -0.05) is 23.7 Å². The van der Waals surface area contributed by atoms with Crippen LogP contribution in [-0.2, 0) is 11.2 Å². The van der Waals surface area contributed by atoms with E-state index in [9.17, 15) is 32.3 Å². The van der Waals surface area contributed by atoms with E-state index in [0.717, 1.165) is 6.07 Å². The summed E-state index contributed by atoms with van der Waals surface area (Å²) in [6.45, 7) is 2.86. The fourth-order valence-electron chi connectivity index (χ4n) is 4.73. The summed E-state index contributed by atoms with van der Waals surface area (Å²) in [4.78, 5) is 24.8. The minimum Gasteiger partial charge on any atom is -0.372 e. The van der Waals surface area contributed by atoms with Crippen molar-refractivity contribution in [1.82, 2.24) is 5.16 Å². The van der Waals surface area contributed by atoms with E-state index in [2.05, 4.69) is 15.0 Å². The highest BCUT2D eigenvalue weighted by atomic mass is 35.5. The van der Waals surface area contributed by atoms with E-state index in [1.807, 2.05) is 0 Å². The van der Waals surface area contributed by atoms with Gasteiger partial charge in [-0.3, -0.25) is 4.79 Å². The van der Waals surface area contributed by atoms with Crippen LogP contribution in [0.5, 0.6) is 0 Å². The quantitative estimate of drug-likeness (QED) is 0.502. The Balaban J connectivity index is 1.73. The highest BCUT2D eigenvalue weighted by Gasteiger charge is 2.65. The van der Waals surface area contributed by atoms with Gasteiger partial charge in [0.1, 0.15) is 5.82 Å². The van der Waals surface area contributed by atoms with Crippen LogP contribution >= 0.6 is 11.6 Å². The second kappa shape index (κ2) is 8.35. The van der Waals surface area contributed by atoms with Gasteiger partial charge >= 0.3 is 11.8 Å². The second-order valence-corrected chi connectivity index (χ2v) is 8.86. The molecule has 1 heterocycles. The van der Waals surface area contributed by atoms with Crippen molar-refractivity contribution < 1.29 is 32.0 Å². The molecular weight excluding hydrogens is 480 g/mol. The van der Waals surface area contributed by atoms with Crippen molar-refractivity contribution in [2.24, 2.45) is 5.92 Å². The Morgan fingerprint density at radius 2 is 1.94 bits per heavy atom. The number of aliphatic hydroxyl groups is 1. The van der Waals surface area contributed by atoms with Crippen molar-refractivity contribution in [2.75, 3.05) is 5.32 Å². The zero-order chi connectivity index (χ0) is 25.0. The number of aryl methyl sites for hydroxylation is 2. The molecule has 1 aliphatic rings. The van der Waals surface area contributed by atoms with Crippen molar-refractivity contribution in [3.8, 4) is 0 Å². The summed E-state index contributed by atoms with van der Waals surface area (Å²) >= 11 is 5.87. The smallest absolute Gasteiger partial charge is 0.372 e. The SMILES string of the molecule is Cc1noc(=O)c2ccc(NC(=O)[C@](O)(C3CCc4cc(Cl)cc(F)c4C3C)C(F)(F)F)cc12. The number of halogens is 5. The molecule has 34 heavy (non-hydrogen) atoms. The molecule has 11 heteroatoms. The summed E-state index contributed by atoms with van der Waals surface area (Å²) in [7, 11) is 0. The average molecular weight is 499 g/mol. The number of rotatable bonds is 3. The molecule has 6 nitrogen and oxygen atoms in total. The molecule has 2 unspecified atom stereocenters. The van der Waals surface area contributed by atoms with Gasteiger partial charge in [-0.15, -0.1) is 0 Å². The van der Waals surface area contributed by atoms with E-state index in [1.54, 1.807) is 0 Å². The Hall–Kier alpha value is -2.98. The summed E-state index contributed by atoms with van der Waals surface area (Å²) in [5.41, 5.74) is -3.93. The standard InChI is InChI=1S/C23H19ClF4N2O4/c1-10-17(6-3-12-7-13(24)8-18(25)19(10)12)22(33,23(26,27)28)21(32)29-14-4-5-15-16(9-14)11(2)30-34-20(15)31/h4-5,7-10,17,33H,3,6H2,1-2H3,(H,29,32)/t10?,17?,22-/m1/s1. The molecule has 0 aliphatic heterocycles. The van der Waals surface area contributed by atoms with Crippen LogP contribution in [0.4, 0.5) is 23.2 Å². The predicted octanol–water partition coefficient (Wildman–Crippen LogP) is 4.89. The Labute approximate surface area is 195 Å². The third-order valence-corrected chi connectivity index (χ3v) is 6.65. The summed E-state index contributed by atoms with van der Waals surface area (Å²) in [5.74, 6) is -5.29. The number of aromatic nitrogens is 1. The Morgan fingerprint density at radius 1 is 1.24 bits per heavy atom. The topological polar surface area (TPSA) is 92.4 Å². The number of anilines is 1. The van der Waals surface area contributed by atoms with E-state index in [-0.39, 0.29) is 45.6 Å². The molecule has 0 bridgehead atoms. The van der Waals surface area contributed by atoms with Gasteiger partial charge in [0.25, 0.3) is 5.91 Å². The summed E-state index contributed by atoms with van der Waals surface area (Å²) in [5, 5.41) is 17.1. The maximum atomic E-state index is 14.6. The van der Waals surface area contributed by atoms with Crippen molar-refractivity contribution in [1.29, 1.82) is 0 Å². The molecule has 0 fully saturated rings. The van der Waals surface area contributed by atoms with Crippen LogP contribution in [0.15, 0.2) is 39.6 Å². The molecular formula is C23H19ClF4N2O4. The molecule has 0 spiro atoms. The molecule has 3 atom stereocenters. The number of benzene rings is 2. The molecule has 2 aromatic carbocycles. The highest BCUT2D eigenvalue weighted by molar-refractivity contribution is 6.30. The monoisotopic (exact) mass is 498 g/mol. The van der Waals surface area contributed by atoms with Gasteiger partial charge in [0, 0.05) is 22.0 Å². The summed E-state index contributed by atoms with van der Waals surface area (Å²) < 4.78 is 61.9. The van der Waals surface area contributed by atoms with E-state index in [0.29, 0.717) is 5.56 Å². The minimum atomic E-state index is -5.36. The molecule has 0 saturated heterocycles. The van der Waals surface area contributed by atoms with Crippen molar-refractivity contribution >= 4 is 34.0 Å². The Bertz CT molecular complexity index is 1360. The van der Waals surface area contributed by atoms with E-state index in [4.69, 9.17) is 11.6 Å². The largest absolute Gasteiger partial charge is 0.426 e. The van der Waals surface area contributed by atoms with Crippen molar-refractivity contribution in [3.05, 3.63) is 68.4 Å². The highest BCUT2D eigenvalue weighted by Crippen LogP contribution is 2.49. The first-order chi connectivity index (χ1) is 15.8. The summed E-state index contributed by atoms with van der Waals surface area (Å²) in [6.07, 6.45) is -5.57. The van der Waals surface area contributed by atoms with E-state index in [1.165, 1.54) is 38.1 Å². The fourth-order valence-corrected chi connectivity index (χ4v) is 4.96. The van der Waals surface area contributed by atoms with Gasteiger partial charge in [-0.25, -0.2) is 9.18 Å². The molecule has 1 amide bonds. The van der Waals surface area contributed by atoms with Gasteiger partial charge in [0.15, 0.2) is 0 Å². The average Bonchev–Trinajstić information content (AvgIpc) is 2.74. The lowest BCUT2D eigenvalue weighted by atomic mass is 9.67. The summed E-state index contributed by atoms with van der Waals surface area (Å²) in [6, 6.07) is 6.23. The molecule has 3 aromatic rings. The molecule has 4 rings (SSSR count). The molecule has 180 valence electrons. The third kappa shape index (κ3) is 3.84. The normalized spacial score (nSPS) is 20.0. The number of fused-ring (bicyclic) bond motifs is 2. The zero-order valence-electron chi connectivity index (χ0n) is 18.0. The molecule has 2 N–H and O–H groups in total. The number of carbonyl (C=O) groups excluding carboxylic acids is 1. The predicted molar refractivity (Wildman–Crippen MR) is 116 cm³/mol. The van der Waals surface area contributed by atoms with Crippen molar-refractivity contribution in [3.63, 3.8) is 0 Å². The first-order valence-electron chi connectivity index (χ1n) is 10.3. The molecule has 1 aliphatic carbocycles. The molecule has 0 saturated carbocycles. The Kier molecular flexibility index (Phi) is 5.93. The van der Waals surface area contributed by atoms with Gasteiger partial charge in [-0.05, 0) is 67.1 Å². The second-order valence-electron chi connectivity index (χ2n) is 8.43. The van der Waals surface area contributed by atoms with Gasteiger partial charge in [-0.2, -0.15) is 13.2 Å². The van der Waals surface area contributed by atoms with Crippen LogP contribution in [-0.4, -0.2) is 27.9 Å². The zero-order valence-corrected chi connectivity index (χ0v) is 18.7. The van der Waals surface area contributed by atoms with Gasteiger partial charge < -0.3 is 14.9 Å². The number of nitrogens with zero attached hydrogens (tertiary/aromatic N) is 1. The number of hydrogen-bond donors (Lipinski definition) is 2. The van der Waals surface area contributed by atoms with E-state index < -0.39 is 41.0 Å². The maximum absolute atomic E-state index is 14.6. The lowest BCUT2D eigenvalue weighted by molar-refractivity contribution is -0.269. The first-order valence-corrected chi connectivity index (χ1v) is 10.7. The van der Waals surface area contributed by atoms with Gasteiger partial charge in [0.2, 0.25) is 5.60 Å².